The summed E-state index contributed by atoms with van der Waals surface area (Å²) in [4.78, 5) is 29.1. The van der Waals surface area contributed by atoms with E-state index in [0.29, 0.717) is 23.7 Å². The molecular weight excluding hydrogens is 334 g/mol. The molecule has 2 rings (SSSR count). The predicted octanol–water partition coefficient (Wildman–Crippen LogP) is 1.90. The Morgan fingerprint density at radius 3 is 2.89 bits per heavy atom. The van der Waals surface area contributed by atoms with Gasteiger partial charge in [0.2, 0.25) is 0 Å². The Hall–Kier alpha value is -1.67. The Labute approximate surface area is 121 Å². The van der Waals surface area contributed by atoms with Gasteiger partial charge in [0, 0.05) is 29.0 Å². The number of aromatic amines is 1. The zero-order valence-corrected chi connectivity index (χ0v) is 12.0. The molecule has 0 radical (unpaired) electrons. The van der Waals surface area contributed by atoms with Crippen molar-refractivity contribution in [3.63, 3.8) is 0 Å². The number of rotatable bonds is 5. The number of hydrogen-bond donors (Lipinski definition) is 3. The number of halogens is 1. The van der Waals surface area contributed by atoms with E-state index < -0.39 is 5.97 Å². The molecule has 0 saturated heterocycles. The van der Waals surface area contributed by atoms with Crippen LogP contribution in [0.2, 0.25) is 0 Å². The summed E-state index contributed by atoms with van der Waals surface area (Å²) in [6.45, 7) is 0.405. The second-order valence-corrected chi connectivity index (χ2v) is 5.53. The highest BCUT2D eigenvalue weighted by atomic mass is 79.9. The van der Waals surface area contributed by atoms with Gasteiger partial charge in [-0.1, -0.05) is 0 Å². The fraction of sp³-hybridized carbons (Fsp3) is 0.182. The Bertz CT molecular complexity index is 608. The van der Waals surface area contributed by atoms with Crippen LogP contribution in [0.1, 0.15) is 26.0 Å². The highest BCUT2D eigenvalue weighted by Crippen LogP contribution is 2.11. The second-order valence-electron chi connectivity index (χ2n) is 3.67. The minimum absolute atomic E-state index is 0.0413. The number of carbonyl (C=O) groups excluding carboxylic acids is 1. The lowest BCUT2D eigenvalue weighted by atomic mass is 10.4. The number of hydrogen-bond acceptors (Lipinski definition) is 4. The number of aromatic carboxylic acids is 1. The minimum Gasteiger partial charge on any atom is -0.476 e. The molecule has 2 aromatic rings. The van der Waals surface area contributed by atoms with Crippen LogP contribution < -0.4 is 5.32 Å². The molecule has 0 spiro atoms. The van der Waals surface area contributed by atoms with Crippen molar-refractivity contribution in [2.75, 3.05) is 6.54 Å². The van der Waals surface area contributed by atoms with Crippen molar-refractivity contribution in [1.29, 1.82) is 0 Å². The molecule has 8 heteroatoms. The summed E-state index contributed by atoms with van der Waals surface area (Å²) in [5, 5.41) is 13.6. The molecule has 6 nitrogen and oxygen atoms in total. The Morgan fingerprint density at radius 2 is 2.32 bits per heavy atom. The summed E-state index contributed by atoms with van der Waals surface area (Å²) in [6, 6.07) is 1.68. The van der Waals surface area contributed by atoms with Gasteiger partial charge in [-0.2, -0.15) is 0 Å². The van der Waals surface area contributed by atoms with Crippen molar-refractivity contribution in [3.8, 4) is 0 Å². The lowest BCUT2D eigenvalue weighted by molar-refractivity contribution is 0.0690. The maximum absolute atomic E-state index is 11.7. The number of H-pyrrole nitrogens is 1. The molecule has 1 amide bonds. The third-order valence-electron chi connectivity index (χ3n) is 2.29. The Balaban J connectivity index is 1.83. The van der Waals surface area contributed by atoms with Crippen molar-refractivity contribution < 1.29 is 14.7 Å². The number of carboxylic acid groups (broad SMARTS) is 1. The first-order chi connectivity index (χ1) is 9.06. The summed E-state index contributed by atoms with van der Waals surface area (Å²) in [6.07, 6.45) is 2.18. The monoisotopic (exact) mass is 343 g/mol. The van der Waals surface area contributed by atoms with E-state index in [1.165, 1.54) is 16.7 Å². The molecule has 0 fully saturated rings. The molecule has 0 saturated carbocycles. The molecule has 0 unspecified atom stereocenters. The van der Waals surface area contributed by atoms with Crippen LogP contribution >= 0.6 is 27.3 Å². The average molecular weight is 344 g/mol. The molecule has 3 N–H and O–H groups in total. The molecule has 0 atom stereocenters. The number of carbonyl (C=O) groups is 2. The van der Waals surface area contributed by atoms with Crippen molar-refractivity contribution in [3.05, 3.63) is 38.5 Å². The molecule has 100 valence electrons. The van der Waals surface area contributed by atoms with E-state index in [1.54, 1.807) is 12.3 Å². The smallest absolute Gasteiger partial charge is 0.355 e. The molecule has 0 aliphatic heterocycles. The van der Waals surface area contributed by atoms with Gasteiger partial charge in [0.05, 0.1) is 5.01 Å². The Morgan fingerprint density at radius 1 is 1.53 bits per heavy atom. The van der Waals surface area contributed by atoms with Crippen LogP contribution in [0, 0.1) is 0 Å². The number of thiazole rings is 1. The van der Waals surface area contributed by atoms with Crippen LogP contribution in [0.25, 0.3) is 0 Å². The standard InChI is InChI=1S/C11H10BrN3O3S/c12-6-3-7(14-4-6)10(16)13-2-1-9-15-8(5-19-9)11(17)18/h3-5,14H,1-2H2,(H,13,16)(H,17,18). The van der Waals surface area contributed by atoms with Crippen molar-refractivity contribution >= 4 is 39.1 Å². The predicted molar refractivity (Wildman–Crippen MR) is 73.6 cm³/mol. The maximum atomic E-state index is 11.7. The molecule has 2 aromatic heterocycles. The van der Waals surface area contributed by atoms with Crippen molar-refractivity contribution in [2.24, 2.45) is 0 Å². The van der Waals surface area contributed by atoms with Gasteiger partial charge in [-0.3, -0.25) is 4.79 Å². The van der Waals surface area contributed by atoms with Crippen molar-refractivity contribution in [1.82, 2.24) is 15.3 Å². The molecule has 0 bridgehead atoms. The highest BCUT2D eigenvalue weighted by molar-refractivity contribution is 9.10. The van der Waals surface area contributed by atoms with Crippen molar-refractivity contribution in [2.45, 2.75) is 6.42 Å². The van der Waals surface area contributed by atoms with Crippen LogP contribution in [0.4, 0.5) is 0 Å². The summed E-state index contributed by atoms with van der Waals surface area (Å²) in [5.41, 5.74) is 0.511. The molecule has 2 heterocycles. The topological polar surface area (TPSA) is 95.1 Å². The zero-order chi connectivity index (χ0) is 13.8. The SMILES string of the molecule is O=C(O)c1csc(CCNC(=O)c2cc(Br)c[nH]2)n1. The number of nitrogens with zero attached hydrogens (tertiary/aromatic N) is 1. The average Bonchev–Trinajstić information content (AvgIpc) is 2.98. The van der Waals surface area contributed by atoms with Crippen LogP contribution in [0.5, 0.6) is 0 Å². The van der Waals surface area contributed by atoms with Gasteiger partial charge in [0.25, 0.3) is 5.91 Å². The molecule has 0 aliphatic rings. The van der Waals surface area contributed by atoms with Gasteiger partial charge in [0.15, 0.2) is 5.69 Å². The van der Waals surface area contributed by atoms with Gasteiger partial charge in [-0.05, 0) is 22.0 Å². The highest BCUT2D eigenvalue weighted by Gasteiger charge is 2.10. The van der Waals surface area contributed by atoms with E-state index in [9.17, 15) is 9.59 Å². The van der Waals surface area contributed by atoms with E-state index in [2.05, 4.69) is 31.2 Å². The lowest BCUT2D eigenvalue weighted by Crippen LogP contribution is -2.25. The van der Waals surface area contributed by atoms with Gasteiger partial charge in [-0.25, -0.2) is 9.78 Å². The molecule has 0 aromatic carbocycles. The summed E-state index contributed by atoms with van der Waals surface area (Å²) < 4.78 is 0.809. The quantitative estimate of drug-likeness (QED) is 0.772. The molecular formula is C11H10BrN3O3S. The first-order valence-electron chi connectivity index (χ1n) is 5.36. The molecule has 19 heavy (non-hydrogen) atoms. The fourth-order valence-electron chi connectivity index (χ4n) is 1.40. The van der Waals surface area contributed by atoms with E-state index in [0.717, 1.165) is 4.47 Å². The number of aromatic nitrogens is 2. The second kappa shape index (κ2) is 5.98. The van der Waals surface area contributed by atoms with Crippen LogP contribution in [0.3, 0.4) is 0 Å². The normalized spacial score (nSPS) is 10.4. The fourth-order valence-corrected chi connectivity index (χ4v) is 2.52. The van der Waals surface area contributed by atoms with Crippen LogP contribution in [-0.2, 0) is 6.42 Å². The van der Waals surface area contributed by atoms with E-state index in [1.807, 2.05) is 0 Å². The lowest BCUT2D eigenvalue weighted by Gasteiger charge is -2.01. The summed E-state index contributed by atoms with van der Waals surface area (Å²) in [5.74, 6) is -1.25. The van der Waals surface area contributed by atoms with Gasteiger partial charge >= 0.3 is 5.97 Å². The maximum Gasteiger partial charge on any atom is 0.355 e. The first-order valence-corrected chi connectivity index (χ1v) is 7.03. The first kappa shape index (κ1) is 13.8. The largest absolute Gasteiger partial charge is 0.476 e. The summed E-state index contributed by atoms with van der Waals surface area (Å²) >= 11 is 4.52. The minimum atomic E-state index is -1.04. The van der Waals surface area contributed by atoms with E-state index in [4.69, 9.17) is 5.11 Å². The number of carboxylic acids is 1. The third kappa shape index (κ3) is 3.65. The van der Waals surface area contributed by atoms with E-state index in [-0.39, 0.29) is 11.6 Å². The Kier molecular flexibility index (Phi) is 4.33. The number of amides is 1. The van der Waals surface area contributed by atoms with Crippen LogP contribution in [0.15, 0.2) is 22.1 Å². The summed E-state index contributed by atoms with van der Waals surface area (Å²) in [7, 11) is 0. The van der Waals surface area contributed by atoms with Gasteiger partial charge < -0.3 is 15.4 Å². The molecule has 0 aliphatic carbocycles. The van der Waals surface area contributed by atoms with Crippen LogP contribution in [-0.4, -0.2) is 33.5 Å². The van der Waals surface area contributed by atoms with Gasteiger partial charge in [-0.15, -0.1) is 11.3 Å². The van der Waals surface area contributed by atoms with E-state index >= 15 is 0 Å². The number of nitrogens with one attached hydrogen (secondary N) is 2. The van der Waals surface area contributed by atoms with Gasteiger partial charge in [0.1, 0.15) is 5.69 Å². The third-order valence-corrected chi connectivity index (χ3v) is 3.65. The zero-order valence-electron chi connectivity index (χ0n) is 9.64.